The van der Waals surface area contributed by atoms with E-state index in [1.54, 1.807) is 40.8 Å². The Balaban J connectivity index is 1.19. The van der Waals surface area contributed by atoms with E-state index in [1.807, 2.05) is 36.7 Å². The van der Waals surface area contributed by atoms with Crippen molar-refractivity contribution in [1.29, 1.82) is 0 Å². The summed E-state index contributed by atoms with van der Waals surface area (Å²) in [5, 5.41) is 2.35. The minimum atomic E-state index is -0.271. The maximum Gasteiger partial charge on any atom is 0.415 e. The van der Waals surface area contributed by atoms with Gasteiger partial charge in [0.05, 0.1) is 0 Å². The predicted molar refractivity (Wildman–Crippen MR) is 115 cm³/mol. The van der Waals surface area contributed by atoms with Gasteiger partial charge in [-0.2, -0.15) is 0 Å². The molecule has 7 nitrogen and oxygen atoms in total. The number of hydrogen-bond acceptors (Lipinski definition) is 6. The molecule has 152 valence electrons. The van der Waals surface area contributed by atoms with Crippen molar-refractivity contribution in [3.8, 4) is 5.75 Å². The number of ether oxygens (including phenoxy) is 1. The highest BCUT2D eigenvalue weighted by Gasteiger charge is 2.25. The molecule has 29 heavy (non-hydrogen) atoms. The molecule has 0 radical (unpaired) electrons. The van der Waals surface area contributed by atoms with Crippen LogP contribution in [-0.2, 0) is 6.42 Å². The van der Waals surface area contributed by atoms with Crippen LogP contribution in [0, 0.1) is 0 Å². The van der Waals surface area contributed by atoms with Crippen molar-refractivity contribution in [2.24, 2.45) is 0 Å². The van der Waals surface area contributed by atoms with Gasteiger partial charge in [-0.05, 0) is 37.0 Å². The molecule has 0 saturated carbocycles. The first kappa shape index (κ1) is 19.9. The van der Waals surface area contributed by atoms with Gasteiger partial charge in [0.2, 0.25) is 0 Å². The van der Waals surface area contributed by atoms with Gasteiger partial charge < -0.3 is 19.6 Å². The van der Waals surface area contributed by atoms with Gasteiger partial charge >= 0.3 is 6.09 Å². The molecular formula is C20H23N5O2S2. The summed E-state index contributed by atoms with van der Waals surface area (Å²) in [6, 6.07) is 7.75. The van der Waals surface area contributed by atoms with E-state index in [2.05, 4.69) is 19.9 Å². The number of nitrogens with one attached hydrogen (secondary N) is 2. The highest BCUT2D eigenvalue weighted by atomic mass is 32.2. The molecule has 1 fully saturated rings. The summed E-state index contributed by atoms with van der Waals surface area (Å²) in [5.74, 6) is 1.53. The number of thioether (sulfide) groups is 2. The zero-order valence-electron chi connectivity index (χ0n) is 15.9. The third kappa shape index (κ3) is 5.80. The molecule has 1 aliphatic rings. The number of carbonyl (C=O) groups is 1. The Labute approximate surface area is 178 Å². The number of aromatic amines is 2. The first-order chi connectivity index (χ1) is 14.3. The first-order valence-electron chi connectivity index (χ1n) is 9.60. The largest absolute Gasteiger partial charge is 0.415 e. The van der Waals surface area contributed by atoms with Crippen LogP contribution < -0.4 is 4.74 Å². The topological polar surface area (TPSA) is 86.9 Å². The van der Waals surface area contributed by atoms with Crippen LogP contribution >= 0.6 is 23.5 Å². The molecule has 3 heterocycles. The maximum absolute atomic E-state index is 12.4. The number of amides is 1. The molecule has 9 heteroatoms. The van der Waals surface area contributed by atoms with E-state index in [4.69, 9.17) is 4.74 Å². The molecule has 0 bridgehead atoms. The average Bonchev–Trinajstić information content (AvgIpc) is 3.44. The molecule has 0 atom stereocenters. The van der Waals surface area contributed by atoms with E-state index < -0.39 is 0 Å². The van der Waals surface area contributed by atoms with Crippen molar-refractivity contribution >= 4 is 29.6 Å². The lowest BCUT2D eigenvalue weighted by molar-refractivity contribution is 0.143. The van der Waals surface area contributed by atoms with Crippen LogP contribution in [0.3, 0.4) is 0 Å². The summed E-state index contributed by atoms with van der Waals surface area (Å²) in [4.78, 5) is 28.9. The summed E-state index contributed by atoms with van der Waals surface area (Å²) in [6.45, 7) is 1.42. The highest BCUT2D eigenvalue weighted by molar-refractivity contribution is 7.99. The number of nitrogens with zero attached hydrogens (tertiary/aromatic N) is 3. The summed E-state index contributed by atoms with van der Waals surface area (Å²) in [7, 11) is 0. The SMILES string of the molecule is O=C(Oc1ccc(CCSc2ncc[nH]2)cc1)N1CCC(Sc2ncc[nH]2)CC1. The number of likely N-dealkylation sites (tertiary alicyclic amines) is 1. The Bertz CT molecular complexity index is 876. The molecule has 4 rings (SSSR count). The predicted octanol–water partition coefficient (Wildman–Crippen LogP) is 4.22. The van der Waals surface area contributed by atoms with E-state index >= 15 is 0 Å². The number of aryl methyl sites for hydroxylation is 1. The Morgan fingerprint density at radius 2 is 1.76 bits per heavy atom. The van der Waals surface area contributed by atoms with Crippen molar-refractivity contribution < 1.29 is 9.53 Å². The average molecular weight is 430 g/mol. The maximum atomic E-state index is 12.4. The van der Waals surface area contributed by atoms with E-state index in [-0.39, 0.29) is 6.09 Å². The van der Waals surface area contributed by atoms with Crippen molar-refractivity contribution in [2.75, 3.05) is 18.8 Å². The summed E-state index contributed by atoms with van der Waals surface area (Å²) >= 11 is 3.43. The van der Waals surface area contributed by atoms with Gasteiger partial charge in [0, 0.05) is 48.9 Å². The lowest BCUT2D eigenvalue weighted by Gasteiger charge is -2.30. The van der Waals surface area contributed by atoms with Crippen LogP contribution in [0.25, 0.3) is 0 Å². The van der Waals surface area contributed by atoms with Gasteiger partial charge in [0.15, 0.2) is 10.3 Å². The minimum Gasteiger partial charge on any atom is -0.410 e. The van der Waals surface area contributed by atoms with Crippen LogP contribution in [-0.4, -0.2) is 55.0 Å². The van der Waals surface area contributed by atoms with Gasteiger partial charge in [-0.3, -0.25) is 0 Å². The van der Waals surface area contributed by atoms with Crippen molar-refractivity contribution in [3.05, 3.63) is 54.6 Å². The molecule has 0 unspecified atom stereocenters. The summed E-state index contributed by atoms with van der Waals surface area (Å²) in [5.41, 5.74) is 1.21. The van der Waals surface area contributed by atoms with Gasteiger partial charge in [0.25, 0.3) is 0 Å². The molecule has 0 spiro atoms. The second-order valence-electron chi connectivity index (χ2n) is 6.70. The fourth-order valence-corrected chi connectivity index (χ4v) is 4.95. The van der Waals surface area contributed by atoms with Crippen molar-refractivity contribution in [1.82, 2.24) is 24.8 Å². The minimum absolute atomic E-state index is 0.271. The van der Waals surface area contributed by atoms with Crippen LogP contribution in [0.15, 0.2) is 59.4 Å². The smallest absolute Gasteiger partial charge is 0.410 e. The Hall–Kier alpha value is -2.39. The lowest BCUT2D eigenvalue weighted by Crippen LogP contribution is -2.40. The number of rotatable bonds is 7. The normalized spacial score (nSPS) is 14.8. The van der Waals surface area contributed by atoms with E-state index in [9.17, 15) is 4.79 Å². The number of H-pyrrole nitrogens is 2. The Kier molecular flexibility index (Phi) is 6.79. The first-order valence-corrected chi connectivity index (χ1v) is 11.5. The molecule has 1 aliphatic heterocycles. The molecule has 2 aromatic heterocycles. The standard InChI is InChI=1S/C20H23N5O2S2/c26-20(25-12-5-17(6-13-25)29-19-23-10-11-24-19)27-16-3-1-15(2-4-16)7-14-28-18-21-8-9-22-18/h1-4,8-11,17H,5-7,12-14H2,(H,21,22)(H,23,24). The van der Waals surface area contributed by atoms with Gasteiger partial charge in [-0.1, -0.05) is 35.7 Å². The Morgan fingerprint density at radius 1 is 1.07 bits per heavy atom. The van der Waals surface area contributed by atoms with Crippen LogP contribution in [0.5, 0.6) is 5.75 Å². The fraction of sp³-hybridized carbons (Fsp3) is 0.350. The second kappa shape index (κ2) is 9.89. The molecule has 1 amide bonds. The fourth-order valence-electron chi connectivity index (χ4n) is 3.11. The molecule has 2 N–H and O–H groups in total. The zero-order valence-corrected chi connectivity index (χ0v) is 17.5. The third-order valence-corrected chi connectivity index (χ3v) is 6.84. The number of carbonyl (C=O) groups excluding carboxylic acids is 1. The third-order valence-electron chi connectivity index (χ3n) is 4.68. The van der Waals surface area contributed by atoms with Crippen molar-refractivity contribution in [3.63, 3.8) is 0 Å². The molecular weight excluding hydrogens is 406 g/mol. The van der Waals surface area contributed by atoms with Gasteiger partial charge in [-0.25, -0.2) is 14.8 Å². The molecule has 1 aromatic carbocycles. The lowest BCUT2D eigenvalue weighted by atomic mass is 10.1. The van der Waals surface area contributed by atoms with Crippen LogP contribution in [0.2, 0.25) is 0 Å². The summed E-state index contributed by atoms with van der Waals surface area (Å²) in [6.07, 6.45) is 9.71. The van der Waals surface area contributed by atoms with Crippen LogP contribution in [0.4, 0.5) is 4.79 Å². The number of benzene rings is 1. The monoisotopic (exact) mass is 429 g/mol. The zero-order chi connectivity index (χ0) is 19.9. The van der Waals surface area contributed by atoms with Crippen molar-refractivity contribution in [2.45, 2.75) is 34.8 Å². The second-order valence-corrected chi connectivity index (χ2v) is 9.08. The molecule has 0 aliphatic carbocycles. The quantitative estimate of drug-likeness (QED) is 0.547. The molecule has 3 aromatic rings. The highest BCUT2D eigenvalue weighted by Crippen LogP contribution is 2.28. The van der Waals surface area contributed by atoms with Crippen LogP contribution in [0.1, 0.15) is 18.4 Å². The Morgan fingerprint density at radius 3 is 2.41 bits per heavy atom. The van der Waals surface area contributed by atoms with Gasteiger partial charge in [0.1, 0.15) is 5.75 Å². The molecule has 1 saturated heterocycles. The number of imidazole rings is 2. The number of aromatic nitrogens is 4. The van der Waals surface area contributed by atoms with Gasteiger partial charge in [-0.15, -0.1) is 0 Å². The van der Waals surface area contributed by atoms with E-state index in [0.29, 0.717) is 24.1 Å². The number of hydrogen-bond donors (Lipinski definition) is 2. The van der Waals surface area contributed by atoms with E-state index in [0.717, 1.165) is 35.3 Å². The number of piperidine rings is 1. The summed E-state index contributed by atoms with van der Waals surface area (Å²) < 4.78 is 5.55. The van der Waals surface area contributed by atoms with E-state index in [1.165, 1.54) is 5.56 Å².